The molecule has 124 valence electrons. The van der Waals surface area contributed by atoms with Gasteiger partial charge in [0.05, 0.1) is 19.3 Å². The van der Waals surface area contributed by atoms with Crippen LogP contribution in [-0.2, 0) is 11.3 Å². The molecule has 3 rings (SSSR count). The maximum absolute atomic E-state index is 12.6. The van der Waals surface area contributed by atoms with Crippen molar-refractivity contribution in [1.29, 1.82) is 0 Å². The summed E-state index contributed by atoms with van der Waals surface area (Å²) in [6, 6.07) is 12.7. The Morgan fingerprint density at radius 2 is 2.00 bits per heavy atom. The molecular weight excluding hydrogens is 306 g/mol. The number of nitrogens with zero attached hydrogens (tertiary/aromatic N) is 1. The molecule has 1 unspecified atom stereocenters. The molecule has 0 bridgehead atoms. The van der Waals surface area contributed by atoms with E-state index in [0.717, 1.165) is 11.3 Å². The Labute approximate surface area is 140 Å². The molecule has 1 atom stereocenters. The van der Waals surface area contributed by atoms with Gasteiger partial charge in [0.2, 0.25) is 0 Å². The molecule has 0 radical (unpaired) electrons. The summed E-state index contributed by atoms with van der Waals surface area (Å²) >= 11 is 0. The number of carbonyl (C=O) groups excluding carboxylic acids is 2. The zero-order valence-corrected chi connectivity index (χ0v) is 13.9. The molecule has 0 aromatic heterocycles. The number of benzene rings is 2. The Kier molecular flexibility index (Phi) is 4.25. The standard InChI is InChI=1S/C19H19NO4/c1-12(21)14-8-9-17(23-3)15(10-14)11-20-16-6-4-5-7-18(16)24-13(2)19(20)22/h4-10,13H,11H2,1-3H3. The lowest BCUT2D eigenvalue weighted by molar-refractivity contribution is -0.125. The smallest absolute Gasteiger partial charge is 0.268 e. The number of ketones is 1. The number of fused-ring (bicyclic) bond motifs is 1. The Morgan fingerprint density at radius 3 is 2.71 bits per heavy atom. The number of hydrogen-bond donors (Lipinski definition) is 0. The van der Waals surface area contributed by atoms with Crippen LogP contribution in [0.15, 0.2) is 42.5 Å². The van der Waals surface area contributed by atoms with Gasteiger partial charge in [-0.2, -0.15) is 0 Å². The van der Waals surface area contributed by atoms with Crippen molar-refractivity contribution in [1.82, 2.24) is 0 Å². The Hall–Kier alpha value is -2.82. The van der Waals surface area contributed by atoms with Crippen LogP contribution in [0.5, 0.6) is 11.5 Å². The quantitative estimate of drug-likeness (QED) is 0.810. The zero-order chi connectivity index (χ0) is 17.3. The predicted molar refractivity (Wildman–Crippen MR) is 90.7 cm³/mol. The molecule has 0 fully saturated rings. The molecule has 0 saturated heterocycles. The second-order valence-corrected chi connectivity index (χ2v) is 5.73. The molecule has 0 spiro atoms. The molecule has 1 aliphatic heterocycles. The number of hydrogen-bond acceptors (Lipinski definition) is 4. The third-order valence-corrected chi connectivity index (χ3v) is 4.09. The molecule has 5 nitrogen and oxygen atoms in total. The first-order chi connectivity index (χ1) is 11.5. The molecule has 5 heteroatoms. The van der Waals surface area contributed by atoms with Crippen LogP contribution >= 0.6 is 0 Å². The Balaban J connectivity index is 2.02. The monoisotopic (exact) mass is 325 g/mol. The third-order valence-electron chi connectivity index (χ3n) is 4.09. The van der Waals surface area contributed by atoms with E-state index in [-0.39, 0.29) is 11.7 Å². The van der Waals surface area contributed by atoms with Crippen LogP contribution in [0, 0.1) is 0 Å². The molecule has 0 saturated carbocycles. The van der Waals surface area contributed by atoms with E-state index in [4.69, 9.17) is 9.47 Å². The van der Waals surface area contributed by atoms with Crippen molar-refractivity contribution in [2.24, 2.45) is 0 Å². The maximum atomic E-state index is 12.6. The van der Waals surface area contributed by atoms with Crippen molar-refractivity contribution in [3.8, 4) is 11.5 Å². The molecule has 2 aromatic rings. The van der Waals surface area contributed by atoms with E-state index >= 15 is 0 Å². The molecule has 2 aromatic carbocycles. The van der Waals surface area contributed by atoms with Crippen LogP contribution in [-0.4, -0.2) is 24.9 Å². The molecule has 0 aliphatic carbocycles. The van der Waals surface area contributed by atoms with Crippen LogP contribution in [0.4, 0.5) is 5.69 Å². The minimum Gasteiger partial charge on any atom is -0.496 e. The van der Waals surface area contributed by atoms with Gasteiger partial charge < -0.3 is 14.4 Å². The van der Waals surface area contributed by atoms with E-state index in [1.807, 2.05) is 24.3 Å². The van der Waals surface area contributed by atoms with Crippen LogP contribution in [0.2, 0.25) is 0 Å². The molecule has 1 heterocycles. The summed E-state index contributed by atoms with van der Waals surface area (Å²) in [6.45, 7) is 3.56. The lowest BCUT2D eigenvalue weighted by atomic mass is 10.1. The lowest BCUT2D eigenvalue weighted by Gasteiger charge is -2.33. The maximum Gasteiger partial charge on any atom is 0.268 e. The number of carbonyl (C=O) groups is 2. The van der Waals surface area contributed by atoms with E-state index in [2.05, 4.69) is 0 Å². The zero-order valence-electron chi connectivity index (χ0n) is 13.9. The highest BCUT2D eigenvalue weighted by molar-refractivity contribution is 6.00. The number of rotatable bonds is 4. The fourth-order valence-electron chi connectivity index (χ4n) is 2.81. The average molecular weight is 325 g/mol. The summed E-state index contributed by atoms with van der Waals surface area (Å²) in [4.78, 5) is 25.9. The molecule has 1 aliphatic rings. The van der Waals surface area contributed by atoms with Gasteiger partial charge >= 0.3 is 0 Å². The minimum absolute atomic E-state index is 0.0269. The van der Waals surface area contributed by atoms with Gasteiger partial charge in [0, 0.05) is 11.1 Å². The fourth-order valence-corrected chi connectivity index (χ4v) is 2.81. The largest absolute Gasteiger partial charge is 0.496 e. The summed E-state index contributed by atoms with van der Waals surface area (Å²) in [5.74, 6) is 1.17. The summed E-state index contributed by atoms with van der Waals surface area (Å²) in [7, 11) is 1.57. The number of Topliss-reactive ketones (excluding diaryl/α,β-unsaturated/α-hetero) is 1. The molecular formula is C19H19NO4. The van der Waals surface area contributed by atoms with E-state index in [1.165, 1.54) is 6.92 Å². The van der Waals surface area contributed by atoms with Crippen molar-refractivity contribution in [3.63, 3.8) is 0 Å². The van der Waals surface area contributed by atoms with Crippen molar-refractivity contribution < 1.29 is 19.1 Å². The number of amides is 1. The average Bonchev–Trinajstić information content (AvgIpc) is 2.58. The van der Waals surface area contributed by atoms with Gasteiger partial charge in [0.25, 0.3) is 5.91 Å². The first kappa shape index (κ1) is 16.1. The Morgan fingerprint density at radius 1 is 1.25 bits per heavy atom. The predicted octanol–water partition coefficient (Wildman–Crippen LogP) is 3.21. The SMILES string of the molecule is COc1ccc(C(C)=O)cc1CN1C(=O)C(C)Oc2ccccc21. The van der Waals surface area contributed by atoms with Gasteiger partial charge in [-0.3, -0.25) is 9.59 Å². The number of anilines is 1. The topological polar surface area (TPSA) is 55.8 Å². The summed E-state index contributed by atoms with van der Waals surface area (Å²) < 4.78 is 11.0. The van der Waals surface area contributed by atoms with E-state index in [0.29, 0.717) is 23.6 Å². The van der Waals surface area contributed by atoms with Crippen molar-refractivity contribution in [2.45, 2.75) is 26.5 Å². The van der Waals surface area contributed by atoms with E-state index in [1.54, 1.807) is 37.1 Å². The van der Waals surface area contributed by atoms with Gasteiger partial charge in [-0.1, -0.05) is 12.1 Å². The van der Waals surface area contributed by atoms with E-state index in [9.17, 15) is 9.59 Å². The van der Waals surface area contributed by atoms with E-state index < -0.39 is 6.10 Å². The first-order valence-electron chi connectivity index (χ1n) is 7.76. The normalized spacial score (nSPS) is 16.4. The van der Waals surface area contributed by atoms with Gasteiger partial charge in [-0.25, -0.2) is 0 Å². The first-order valence-corrected chi connectivity index (χ1v) is 7.76. The number of methoxy groups -OCH3 is 1. The Bertz CT molecular complexity index is 800. The summed E-state index contributed by atoms with van der Waals surface area (Å²) in [6.07, 6.45) is -0.554. The number of para-hydroxylation sites is 2. The van der Waals surface area contributed by atoms with Crippen molar-refractivity contribution in [3.05, 3.63) is 53.6 Å². The summed E-state index contributed by atoms with van der Waals surface area (Å²) in [5.41, 5.74) is 2.09. The highest BCUT2D eigenvalue weighted by Crippen LogP contribution is 2.35. The van der Waals surface area contributed by atoms with Gasteiger partial charge in [0.1, 0.15) is 11.5 Å². The second-order valence-electron chi connectivity index (χ2n) is 5.73. The molecule has 24 heavy (non-hydrogen) atoms. The lowest BCUT2D eigenvalue weighted by Crippen LogP contribution is -2.44. The second kappa shape index (κ2) is 6.35. The molecule has 0 N–H and O–H groups in total. The number of ether oxygens (including phenoxy) is 2. The van der Waals surface area contributed by atoms with Crippen LogP contribution in [0.3, 0.4) is 0 Å². The minimum atomic E-state index is -0.554. The summed E-state index contributed by atoms with van der Waals surface area (Å²) in [5, 5.41) is 0. The van der Waals surface area contributed by atoms with Crippen molar-refractivity contribution in [2.75, 3.05) is 12.0 Å². The van der Waals surface area contributed by atoms with Gasteiger partial charge in [-0.15, -0.1) is 0 Å². The van der Waals surface area contributed by atoms with Crippen molar-refractivity contribution >= 4 is 17.4 Å². The highest BCUT2D eigenvalue weighted by Gasteiger charge is 2.31. The third kappa shape index (κ3) is 2.85. The highest BCUT2D eigenvalue weighted by atomic mass is 16.5. The molecule has 1 amide bonds. The van der Waals surface area contributed by atoms with Crippen LogP contribution in [0.1, 0.15) is 29.8 Å². The van der Waals surface area contributed by atoms with Crippen LogP contribution in [0.25, 0.3) is 0 Å². The van der Waals surface area contributed by atoms with Gasteiger partial charge in [-0.05, 0) is 44.2 Å². The van der Waals surface area contributed by atoms with Crippen LogP contribution < -0.4 is 14.4 Å². The van der Waals surface area contributed by atoms with Gasteiger partial charge in [0.15, 0.2) is 11.9 Å². The fraction of sp³-hybridized carbons (Fsp3) is 0.263.